The van der Waals surface area contributed by atoms with Gasteiger partial charge in [-0.2, -0.15) is 0 Å². The van der Waals surface area contributed by atoms with Gasteiger partial charge >= 0.3 is 5.97 Å². The summed E-state index contributed by atoms with van der Waals surface area (Å²) in [6.07, 6.45) is 2.47. The number of carboxylic acids is 1. The normalized spacial score (nSPS) is 17.3. The highest BCUT2D eigenvalue weighted by atomic mass is 16.5. The molecule has 92 valence electrons. The lowest BCUT2D eigenvalue weighted by molar-refractivity contribution is 0.0696. The fraction of sp³-hybridized carbons (Fsp3) is 0.417. The molecule has 1 aromatic rings. The maximum absolute atomic E-state index is 11.0. The van der Waals surface area contributed by atoms with Crippen molar-refractivity contribution in [2.24, 2.45) is 5.73 Å². The van der Waals surface area contributed by atoms with Crippen LogP contribution in [0.15, 0.2) is 12.1 Å². The van der Waals surface area contributed by atoms with E-state index in [1.54, 1.807) is 0 Å². The van der Waals surface area contributed by atoms with Gasteiger partial charge in [-0.05, 0) is 31.4 Å². The number of nitrogens with two attached hydrogens (primary N) is 1. The Hall–Kier alpha value is -1.75. The van der Waals surface area contributed by atoms with Gasteiger partial charge in [-0.3, -0.25) is 0 Å². The SMILES string of the molecule is COc1cc(C(=O)O)cc(C2(N)CCC2)c1O. The lowest BCUT2D eigenvalue weighted by atomic mass is 9.72. The largest absolute Gasteiger partial charge is 0.504 e. The molecule has 0 bridgehead atoms. The average molecular weight is 237 g/mol. The van der Waals surface area contributed by atoms with E-state index in [9.17, 15) is 9.90 Å². The summed E-state index contributed by atoms with van der Waals surface area (Å²) in [6.45, 7) is 0. The van der Waals surface area contributed by atoms with Crippen LogP contribution in [0.5, 0.6) is 11.5 Å². The predicted octanol–water partition coefficient (Wildman–Crippen LogP) is 1.44. The maximum Gasteiger partial charge on any atom is 0.335 e. The lowest BCUT2D eigenvalue weighted by Gasteiger charge is -2.39. The number of benzene rings is 1. The van der Waals surface area contributed by atoms with E-state index in [0.717, 1.165) is 19.3 Å². The molecule has 0 saturated heterocycles. The standard InChI is InChI=1S/C12H15NO4/c1-17-9-6-7(11(15)16)5-8(10(9)14)12(13)3-2-4-12/h5-6,14H,2-4,13H2,1H3,(H,15,16). The Kier molecular flexibility index (Phi) is 2.71. The molecule has 4 N–H and O–H groups in total. The minimum absolute atomic E-state index is 0.0558. The highest BCUT2D eigenvalue weighted by Crippen LogP contribution is 2.45. The highest BCUT2D eigenvalue weighted by Gasteiger charge is 2.38. The second kappa shape index (κ2) is 3.92. The Morgan fingerprint density at radius 3 is 2.53 bits per heavy atom. The summed E-state index contributed by atoms with van der Waals surface area (Å²) >= 11 is 0. The third-order valence-corrected chi connectivity index (χ3v) is 3.32. The minimum Gasteiger partial charge on any atom is -0.504 e. The van der Waals surface area contributed by atoms with Crippen molar-refractivity contribution in [3.05, 3.63) is 23.3 Å². The molecule has 0 radical (unpaired) electrons. The number of hydrogen-bond donors (Lipinski definition) is 3. The van der Waals surface area contributed by atoms with Gasteiger partial charge < -0.3 is 20.7 Å². The molecule has 1 fully saturated rings. The summed E-state index contributed by atoms with van der Waals surface area (Å²) in [6, 6.07) is 2.72. The Morgan fingerprint density at radius 2 is 2.12 bits per heavy atom. The number of aromatic carboxylic acids is 1. The number of carbonyl (C=O) groups is 1. The van der Waals surface area contributed by atoms with Gasteiger partial charge in [0.2, 0.25) is 0 Å². The highest BCUT2D eigenvalue weighted by molar-refractivity contribution is 5.89. The van der Waals surface area contributed by atoms with E-state index >= 15 is 0 Å². The van der Waals surface area contributed by atoms with Crippen molar-refractivity contribution in [1.29, 1.82) is 0 Å². The first-order valence-electron chi connectivity index (χ1n) is 5.41. The molecule has 0 heterocycles. The first-order valence-corrected chi connectivity index (χ1v) is 5.41. The second-order valence-corrected chi connectivity index (χ2v) is 4.39. The number of phenols is 1. The minimum atomic E-state index is -1.06. The molecule has 1 saturated carbocycles. The fourth-order valence-corrected chi connectivity index (χ4v) is 2.09. The molecular weight excluding hydrogens is 222 g/mol. The van der Waals surface area contributed by atoms with Gasteiger partial charge in [0.05, 0.1) is 12.7 Å². The lowest BCUT2D eigenvalue weighted by Crippen LogP contribution is -2.43. The van der Waals surface area contributed by atoms with Crippen LogP contribution in [0, 0.1) is 0 Å². The van der Waals surface area contributed by atoms with Gasteiger partial charge in [0.25, 0.3) is 0 Å². The van der Waals surface area contributed by atoms with E-state index < -0.39 is 11.5 Å². The summed E-state index contributed by atoms with van der Waals surface area (Å²) < 4.78 is 4.97. The smallest absolute Gasteiger partial charge is 0.335 e. The van der Waals surface area contributed by atoms with Crippen LogP contribution in [0.2, 0.25) is 0 Å². The quantitative estimate of drug-likeness (QED) is 0.739. The van der Waals surface area contributed by atoms with E-state index in [-0.39, 0.29) is 17.1 Å². The van der Waals surface area contributed by atoms with Gasteiger partial charge in [0.1, 0.15) is 0 Å². The summed E-state index contributed by atoms with van der Waals surface area (Å²) in [5.41, 5.74) is 6.02. The van der Waals surface area contributed by atoms with Crippen molar-refractivity contribution in [3.63, 3.8) is 0 Å². The number of methoxy groups -OCH3 is 1. The Balaban J connectivity index is 2.56. The van der Waals surface area contributed by atoms with Crippen LogP contribution in [0.25, 0.3) is 0 Å². The van der Waals surface area contributed by atoms with Gasteiger partial charge in [-0.15, -0.1) is 0 Å². The molecule has 5 nitrogen and oxygen atoms in total. The average Bonchev–Trinajstić information content (AvgIpc) is 2.26. The summed E-state index contributed by atoms with van der Waals surface area (Å²) in [5.74, 6) is -0.969. The molecule has 0 unspecified atom stereocenters. The van der Waals surface area contributed by atoms with Crippen molar-refractivity contribution in [3.8, 4) is 11.5 Å². The molecule has 0 aromatic heterocycles. The van der Waals surface area contributed by atoms with E-state index in [2.05, 4.69) is 0 Å². The topological polar surface area (TPSA) is 92.8 Å². The van der Waals surface area contributed by atoms with Gasteiger partial charge in [-0.1, -0.05) is 0 Å². The van der Waals surface area contributed by atoms with Crippen molar-refractivity contribution >= 4 is 5.97 Å². The van der Waals surface area contributed by atoms with E-state index in [1.165, 1.54) is 19.2 Å². The molecular formula is C12H15NO4. The zero-order chi connectivity index (χ0) is 12.6. The van der Waals surface area contributed by atoms with E-state index in [0.29, 0.717) is 5.56 Å². The van der Waals surface area contributed by atoms with Crippen molar-refractivity contribution in [2.45, 2.75) is 24.8 Å². The van der Waals surface area contributed by atoms with Gasteiger partial charge in [0.15, 0.2) is 11.5 Å². The van der Waals surface area contributed by atoms with Crippen LogP contribution in [-0.2, 0) is 5.54 Å². The third-order valence-electron chi connectivity index (χ3n) is 3.32. The molecule has 0 atom stereocenters. The second-order valence-electron chi connectivity index (χ2n) is 4.39. The molecule has 1 aliphatic rings. The number of aromatic hydroxyl groups is 1. The van der Waals surface area contributed by atoms with E-state index in [1.807, 2.05) is 0 Å². The van der Waals surface area contributed by atoms with Crippen LogP contribution in [-0.4, -0.2) is 23.3 Å². The maximum atomic E-state index is 11.0. The van der Waals surface area contributed by atoms with Crippen LogP contribution in [0.1, 0.15) is 35.2 Å². The summed E-state index contributed by atoms with van der Waals surface area (Å²) in [7, 11) is 1.38. The summed E-state index contributed by atoms with van der Waals surface area (Å²) in [5, 5.41) is 19.0. The number of ether oxygens (including phenoxy) is 1. The monoisotopic (exact) mass is 237 g/mol. The fourth-order valence-electron chi connectivity index (χ4n) is 2.09. The summed E-state index contributed by atoms with van der Waals surface area (Å²) in [4.78, 5) is 11.0. The zero-order valence-electron chi connectivity index (χ0n) is 9.56. The van der Waals surface area contributed by atoms with Crippen LogP contribution in [0.3, 0.4) is 0 Å². The van der Waals surface area contributed by atoms with Crippen LogP contribution in [0.4, 0.5) is 0 Å². The predicted molar refractivity (Wildman–Crippen MR) is 61.3 cm³/mol. The third kappa shape index (κ3) is 1.82. The Bertz CT molecular complexity index is 466. The number of hydrogen-bond acceptors (Lipinski definition) is 4. The molecule has 1 aliphatic carbocycles. The van der Waals surface area contributed by atoms with Crippen molar-refractivity contribution in [1.82, 2.24) is 0 Å². The van der Waals surface area contributed by atoms with Gasteiger partial charge in [0, 0.05) is 11.1 Å². The number of carboxylic acid groups (broad SMARTS) is 1. The molecule has 1 aromatic carbocycles. The Labute approximate surface area is 98.8 Å². The number of rotatable bonds is 3. The van der Waals surface area contributed by atoms with Crippen molar-refractivity contribution in [2.75, 3.05) is 7.11 Å². The van der Waals surface area contributed by atoms with Crippen LogP contribution < -0.4 is 10.5 Å². The molecule has 5 heteroatoms. The number of phenolic OH excluding ortho intramolecular Hbond substituents is 1. The molecule has 0 amide bonds. The van der Waals surface area contributed by atoms with Crippen LogP contribution >= 0.6 is 0 Å². The first-order chi connectivity index (χ1) is 7.98. The molecule has 2 rings (SSSR count). The molecule has 17 heavy (non-hydrogen) atoms. The van der Waals surface area contributed by atoms with E-state index in [4.69, 9.17) is 15.6 Å². The Morgan fingerprint density at radius 1 is 1.47 bits per heavy atom. The van der Waals surface area contributed by atoms with Crippen molar-refractivity contribution < 1.29 is 19.7 Å². The molecule has 0 spiro atoms. The first kappa shape index (κ1) is 11.7. The van der Waals surface area contributed by atoms with Gasteiger partial charge in [-0.25, -0.2) is 4.79 Å². The zero-order valence-corrected chi connectivity index (χ0v) is 9.56. The molecule has 0 aliphatic heterocycles.